The molecule has 180 valence electrons. The van der Waals surface area contributed by atoms with Crippen LogP contribution in [0, 0.1) is 6.92 Å². The van der Waals surface area contributed by atoms with E-state index in [2.05, 4.69) is 32.5 Å². The van der Waals surface area contributed by atoms with Crippen molar-refractivity contribution in [2.75, 3.05) is 20.2 Å². The lowest BCUT2D eigenvalue weighted by Crippen LogP contribution is -2.43. The number of aryl methyl sites for hydroxylation is 2. The normalized spacial score (nSPS) is 14.6. The standard InChI is InChI=1S/C26H28N6O2S/c1-16(19-6-5-7-20(12-19)34-4)29-26(33)32-10-8-18(9-11-32)24-25-22(27-15-28-24)13-23(35-25)21-14-31(3)30-17(21)2/h5-8,12-16H,9-11H2,1-4H3,(H,29,33)/t16-/m0/s1. The monoisotopic (exact) mass is 488 g/mol. The predicted molar refractivity (Wildman–Crippen MR) is 138 cm³/mol. The Kier molecular flexibility index (Phi) is 6.25. The quantitative estimate of drug-likeness (QED) is 0.429. The van der Waals surface area contributed by atoms with Crippen molar-refractivity contribution in [2.24, 2.45) is 7.05 Å². The minimum atomic E-state index is -0.120. The molecule has 0 aliphatic carbocycles. The topological polar surface area (TPSA) is 85.2 Å². The molecule has 0 radical (unpaired) electrons. The number of amides is 2. The smallest absolute Gasteiger partial charge is 0.318 e. The first-order valence-corrected chi connectivity index (χ1v) is 12.4. The highest BCUT2D eigenvalue weighted by Gasteiger charge is 2.22. The molecule has 0 spiro atoms. The summed E-state index contributed by atoms with van der Waals surface area (Å²) >= 11 is 1.69. The maximum Gasteiger partial charge on any atom is 0.318 e. The number of benzene rings is 1. The number of hydrogen-bond acceptors (Lipinski definition) is 6. The Morgan fingerprint density at radius 3 is 2.83 bits per heavy atom. The van der Waals surface area contributed by atoms with Gasteiger partial charge in [-0.25, -0.2) is 14.8 Å². The average molecular weight is 489 g/mol. The Labute approximate surface area is 208 Å². The highest BCUT2D eigenvalue weighted by molar-refractivity contribution is 7.22. The molecule has 0 bridgehead atoms. The van der Waals surface area contributed by atoms with Gasteiger partial charge in [0.2, 0.25) is 0 Å². The second-order valence-electron chi connectivity index (χ2n) is 8.72. The van der Waals surface area contributed by atoms with Crippen LogP contribution in [0.5, 0.6) is 5.75 Å². The molecule has 8 nitrogen and oxygen atoms in total. The third kappa shape index (κ3) is 4.64. The van der Waals surface area contributed by atoms with Gasteiger partial charge >= 0.3 is 6.03 Å². The molecule has 1 aromatic carbocycles. The van der Waals surface area contributed by atoms with Crippen LogP contribution in [-0.4, -0.2) is 50.9 Å². The average Bonchev–Trinajstić information content (AvgIpc) is 3.46. The number of thiophene rings is 1. The second kappa shape index (κ2) is 9.50. The van der Waals surface area contributed by atoms with Gasteiger partial charge < -0.3 is 15.0 Å². The number of nitrogens with zero attached hydrogens (tertiary/aromatic N) is 5. The minimum Gasteiger partial charge on any atom is -0.497 e. The van der Waals surface area contributed by atoms with Crippen LogP contribution < -0.4 is 10.1 Å². The third-order valence-electron chi connectivity index (χ3n) is 6.32. The SMILES string of the molecule is COc1cccc([C@H](C)NC(=O)N2CC=C(c3ncnc4cc(-c5cn(C)nc5C)sc34)CC2)c1. The zero-order valence-corrected chi connectivity index (χ0v) is 21.1. The molecular weight excluding hydrogens is 460 g/mol. The molecule has 1 N–H and O–H groups in total. The number of aromatic nitrogens is 4. The number of hydrogen-bond donors (Lipinski definition) is 1. The number of carbonyl (C=O) groups is 1. The van der Waals surface area contributed by atoms with Gasteiger partial charge in [0.1, 0.15) is 12.1 Å². The van der Waals surface area contributed by atoms with Crippen LogP contribution in [0.3, 0.4) is 0 Å². The van der Waals surface area contributed by atoms with E-state index in [0.717, 1.165) is 55.4 Å². The lowest BCUT2D eigenvalue weighted by Gasteiger charge is -2.28. The molecule has 5 rings (SSSR count). The summed E-state index contributed by atoms with van der Waals surface area (Å²) in [5.41, 5.74) is 6.16. The Morgan fingerprint density at radius 1 is 1.26 bits per heavy atom. The van der Waals surface area contributed by atoms with E-state index in [9.17, 15) is 4.79 Å². The van der Waals surface area contributed by atoms with E-state index in [1.807, 2.05) is 60.9 Å². The Hall–Kier alpha value is -3.72. The molecule has 1 aliphatic heterocycles. The van der Waals surface area contributed by atoms with Crippen molar-refractivity contribution in [2.45, 2.75) is 26.3 Å². The van der Waals surface area contributed by atoms with Gasteiger partial charge in [-0.15, -0.1) is 11.3 Å². The van der Waals surface area contributed by atoms with Crippen molar-refractivity contribution in [3.63, 3.8) is 0 Å². The number of ether oxygens (including phenoxy) is 1. The first-order valence-electron chi connectivity index (χ1n) is 11.6. The third-order valence-corrected chi connectivity index (χ3v) is 7.49. The van der Waals surface area contributed by atoms with Gasteiger partial charge in [0, 0.05) is 36.8 Å². The fraction of sp³-hybridized carbons (Fsp3) is 0.308. The Morgan fingerprint density at radius 2 is 2.11 bits per heavy atom. The highest BCUT2D eigenvalue weighted by atomic mass is 32.1. The molecule has 4 heterocycles. The zero-order chi connectivity index (χ0) is 24.5. The fourth-order valence-corrected chi connectivity index (χ4v) is 5.59. The fourth-order valence-electron chi connectivity index (χ4n) is 4.40. The van der Waals surface area contributed by atoms with Gasteiger partial charge in [-0.3, -0.25) is 4.68 Å². The molecule has 3 aromatic heterocycles. The van der Waals surface area contributed by atoms with E-state index in [4.69, 9.17) is 4.74 Å². The van der Waals surface area contributed by atoms with Crippen molar-refractivity contribution in [3.05, 3.63) is 65.9 Å². The molecule has 1 aliphatic rings. The molecule has 0 unspecified atom stereocenters. The van der Waals surface area contributed by atoms with Crippen molar-refractivity contribution in [1.29, 1.82) is 0 Å². The number of methoxy groups -OCH3 is 1. The molecule has 0 saturated carbocycles. The predicted octanol–water partition coefficient (Wildman–Crippen LogP) is 4.97. The van der Waals surface area contributed by atoms with Crippen molar-refractivity contribution in [1.82, 2.24) is 30.0 Å². The molecule has 9 heteroatoms. The second-order valence-corrected chi connectivity index (χ2v) is 9.77. The first-order chi connectivity index (χ1) is 16.9. The number of nitrogens with one attached hydrogen (secondary N) is 1. The molecule has 4 aromatic rings. The van der Waals surface area contributed by atoms with Gasteiger partial charge in [-0.1, -0.05) is 18.2 Å². The molecule has 1 atom stereocenters. The van der Waals surface area contributed by atoms with E-state index in [0.29, 0.717) is 13.1 Å². The van der Waals surface area contributed by atoms with Gasteiger partial charge in [0.05, 0.1) is 34.8 Å². The summed E-state index contributed by atoms with van der Waals surface area (Å²) in [5, 5.41) is 7.57. The molecule has 0 fully saturated rings. The van der Waals surface area contributed by atoms with Crippen molar-refractivity contribution < 1.29 is 9.53 Å². The van der Waals surface area contributed by atoms with Gasteiger partial charge in [-0.05, 0) is 49.6 Å². The van der Waals surface area contributed by atoms with Gasteiger partial charge in [0.15, 0.2) is 0 Å². The summed E-state index contributed by atoms with van der Waals surface area (Å²) in [6.45, 7) is 5.17. The van der Waals surface area contributed by atoms with E-state index in [1.54, 1.807) is 24.8 Å². The van der Waals surface area contributed by atoms with Crippen LogP contribution >= 0.6 is 11.3 Å². The Balaban J connectivity index is 1.31. The zero-order valence-electron chi connectivity index (χ0n) is 20.3. The molecule has 35 heavy (non-hydrogen) atoms. The largest absolute Gasteiger partial charge is 0.497 e. The summed E-state index contributed by atoms with van der Waals surface area (Å²) in [6.07, 6.45) is 6.51. The van der Waals surface area contributed by atoms with E-state index >= 15 is 0 Å². The minimum absolute atomic E-state index is 0.0751. The molecule has 0 saturated heterocycles. The van der Waals surface area contributed by atoms with Crippen LogP contribution in [0.2, 0.25) is 0 Å². The van der Waals surface area contributed by atoms with Crippen molar-refractivity contribution in [3.8, 4) is 16.2 Å². The van der Waals surface area contributed by atoms with E-state index in [-0.39, 0.29) is 12.1 Å². The maximum atomic E-state index is 12.9. The van der Waals surface area contributed by atoms with Gasteiger partial charge in [-0.2, -0.15) is 5.10 Å². The lowest BCUT2D eigenvalue weighted by atomic mass is 10.0. The maximum absolute atomic E-state index is 12.9. The highest BCUT2D eigenvalue weighted by Crippen LogP contribution is 2.37. The van der Waals surface area contributed by atoms with Crippen LogP contribution in [0.15, 0.2) is 48.9 Å². The summed E-state index contributed by atoms with van der Waals surface area (Å²) in [5.74, 6) is 0.778. The lowest BCUT2D eigenvalue weighted by molar-refractivity contribution is 0.199. The van der Waals surface area contributed by atoms with Crippen LogP contribution in [0.4, 0.5) is 4.79 Å². The number of rotatable bonds is 5. The molecular formula is C26H28N6O2S. The van der Waals surface area contributed by atoms with Crippen LogP contribution in [-0.2, 0) is 7.05 Å². The number of urea groups is 1. The summed E-state index contributed by atoms with van der Waals surface area (Å²) < 4.78 is 8.20. The Bertz CT molecular complexity index is 1420. The number of fused-ring (bicyclic) bond motifs is 1. The summed E-state index contributed by atoms with van der Waals surface area (Å²) in [6, 6.07) is 9.68. The number of carbonyl (C=O) groups excluding carboxylic acids is 1. The van der Waals surface area contributed by atoms with Gasteiger partial charge in [0.25, 0.3) is 0 Å². The summed E-state index contributed by atoms with van der Waals surface area (Å²) in [7, 11) is 3.57. The molecule has 2 amide bonds. The van der Waals surface area contributed by atoms with E-state index < -0.39 is 0 Å². The summed E-state index contributed by atoms with van der Waals surface area (Å²) in [4.78, 5) is 25.0. The van der Waals surface area contributed by atoms with Crippen LogP contribution in [0.25, 0.3) is 26.2 Å². The van der Waals surface area contributed by atoms with E-state index in [1.165, 1.54) is 0 Å². The van der Waals surface area contributed by atoms with Crippen molar-refractivity contribution >= 4 is 33.2 Å². The van der Waals surface area contributed by atoms with Crippen LogP contribution in [0.1, 0.15) is 36.3 Å². The first kappa shape index (κ1) is 23.0.